The number of benzene rings is 2. The van der Waals surface area contributed by atoms with E-state index in [2.05, 4.69) is 36.1 Å². The number of fused-ring (bicyclic) bond motifs is 1. The van der Waals surface area contributed by atoms with Crippen molar-refractivity contribution in [1.29, 1.82) is 0 Å². The molecule has 0 aliphatic rings. The van der Waals surface area contributed by atoms with Crippen molar-refractivity contribution in [3.05, 3.63) is 96.6 Å². The molecule has 182 valence electrons. The van der Waals surface area contributed by atoms with E-state index in [1.54, 1.807) is 17.2 Å². The van der Waals surface area contributed by atoms with Gasteiger partial charge in [0.15, 0.2) is 5.65 Å². The van der Waals surface area contributed by atoms with Crippen LogP contribution in [0.2, 0.25) is 0 Å². The maximum Gasteiger partial charge on any atom is 0.235 e. The number of nitrogens with one attached hydrogen (secondary N) is 1. The third-order valence-electron chi connectivity index (χ3n) is 6.46. The predicted molar refractivity (Wildman–Crippen MR) is 143 cm³/mol. The highest BCUT2D eigenvalue weighted by Crippen LogP contribution is 2.30. The lowest BCUT2D eigenvalue weighted by molar-refractivity contribution is -0.120. The average molecular weight is 479 g/mol. The van der Waals surface area contributed by atoms with E-state index in [0.717, 1.165) is 33.8 Å². The van der Waals surface area contributed by atoms with Gasteiger partial charge in [-0.3, -0.25) is 9.36 Å². The molecule has 2 aromatic carbocycles. The molecule has 0 unspecified atom stereocenters. The van der Waals surface area contributed by atoms with Crippen LogP contribution in [0.1, 0.15) is 45.9 Å². The fourth-order valence-electron chi connectivity index (χ4n) is 4.08. The van der Waals surface area contributed by atoms with Crippen molar-refractivity contribution in [3.8, 4) is 11.4 Å². The van der Waals surface area contributed by atoms with Gasteiger partial charge in [0.2, 0.25) is 5.91 Å². The average Bonchev–Trinajstić information content (AvgIpc) is 3.49. The standard InChI is InChI=1S/C29H30N6O/c1-28(2,3)24-18-25(35(33-24)22-10-7-6-8-11-22)32-27(36)29(4,5)20-13-15-21(16-14-20)34-19-31-23-12-9-17-30-26(23)34/h6-19H,1-5H3,(H,32,36). The monoisotopic (exact) mass is 478 g/mol. The number of hydrogen-bond acceptors (Lipinski definition) is 4. The Hall–Kier alpha value is -4.26. The van der Waals surface area contributed by atoms with Gasteiger partial charge in [-0.2, -0.15) is 5.10 Å². The van der Waals surface area contributed by atoms with Crippen molar-refractivity contribution < 1.29 is 4.79 Å². The zero-order chi connectivity index (χ0) is 25.5. The van der Waals surface area contributed by atoms with Gasteiger partial charge in [-0.05, 0) is 55.8 Å². The quantitative estimate of drug-likeness (QED) is 0.345. The lowest BCUT2D eigenvalue weighted by Crippen LogP contribution is -2.35. The summed E-state index contributed by atoms with van der Waals surface area (Å²) in [6.45, 7) is 10.2. The Morgan fingerprint density at radius 1 is 0.833 bits per heavy atom. The SMILES string of the molecule is CC(C)(C)c1cc(NC(=O)C(C)(C)c2ccc(-n3cnc4cccnc43)cc2)n(-c2ccccc2)n1. The summed E-state index contributed by atoms with van der Waals surface area (Å²) < 4.78 is 3.74. The van der Waals surface area contributed by atoms with Gasteiger partial charge in [0.1, 0.15) is 17.7 Å². The van der Waals surface area contributed by atoms with Crippen LogP contribution in [-0.2, 0) is 15.6 Å². The minimum atomic E-state index is -0.776. The maximum atomic E-state index is 13.6. The van der Waals surface area contributed by atoms with Crippen molar-refractivity contribution >= 4 is 22.9 Å². The second-order valence-corrected chi connectivity index (χ2v) is 10.5. The van der Waals surface area contributed by atoms with Crippen molar-refractivity contribution in [2.75, 3.05) is 5.32 Å². The molecule has 3 heterocycles. The van der Waals surface area contributed by atoms with Gasteiger partial charge in [-0.15, -0.1) is 0 Å². The second kappa shape index (κ2) is 8.75. The van der Waals surface area contributed by atoms with Crippen LogP contribution in [0, 0.1) is 0 Å². The molecular formula is C29H30N6O. The lowest BCUT2D eigenvalue weighted by atomic mass is 9.83. The van der Waals surface area contributed by atoms with E-state index in [1.807, 2.05) is 91.2 Å². The highest BCUT2D eigenvalue weighted by Gasteiger charge is 2.31. The molecular weight excluding hydrogens is 448 g/mol. The third kappa shape index (κ3) is 4.28. The summed E-state index contributed by atoms with van der Waals surface area (Å²) >= 11 is 0. The molecule has 0 atom stereocenters. The molecule has 5 aromatic rings. The number of amides is 1. The Bertz CT molecular complexity index is 1520. The number of rotatable bonds is 5. The predicted octanol–water partition coefficient (Wildman–Crippen LogP) is 5.82. The van der Waals surface area contributed by atoms with Gasteiger partial charge in [0.05, 0.1) is 16.8 Å². The lowest BCUT2D eigenvalue weighted by Gasteiger charge is -2.24. The number of para-hydroxylation sites is 1. The Kier molecular flexibility index (Phi) is 5.71. The molecule has 0 radical (unpaired) electrons. The summed E-state index contributed by atoms with van der Waals surface area (Å²) in [7, 11) is 0. The molecule has 0 saturated heterocycles. The molecule has 0 fully saturated rings. The van der Waals surface area contributed by atoms with Crippen molar-refractivity contribution in [2.24, 2.45) is 0 Å². The zero-order valence-corrected chi connectivity index (χ0v) is 21.2. The summed E-state index contributed by atoms with van der Waals surface area (Å²) in [5.74, 6) is 0.541. The minimum Gasteiger partial charge on any atom is -0.310 e. The first-order valence-electron chi connectivity index (χ1n) is 12.0. The molecule has 0 aliphatic heterocycles. The molecule has 7 heteroatoms. The fraction of sp³-hybridized carbons (Fsp3) is 0.241. The van der Waals surface area contributed by atoms with Crippen LogP contribution in [0.3, 0.4) is 0 Å². The molecule has 1 amide bonds. The second-order valence-electron chi connectivity index (χ2n) is 10.5. The Morgan fingerprint density at radius 2 is 1.56 bits per heavy atom. The zero-order valence-electron chi connectivity index (χ0n) is 21.2. The van der Waals surface area contributed by atoms with Crippen LogP contribution >= 0.6 is 0 Å². The molecule has 7 nitrogen and oxygen atoms in total. The van der Waals surface area contributed by atoms with Gasteiger partial charge in [0.25, 0.3) is 0 Å². The van der Waals surface area contributed by atoms with E-state index >= 15 is 0 Å². The van der Waals surface area contributed by atoms with Gasteiger partial charge in [0, 0.05) is 23.4 Å². The third-order valence-corrected chi connectivity index (χ3v) is 6.46. The van der Waals surface area contributed by atoms with E-state index < -0.39 is 5.41 Å². The summed E-state index contributed by atoms with van der Waals surface area (Å²) in [4.78, 5) is 22.5. The van der Waals surface area contributed by atoms with Crippen molar-refractivity contribution in [3.63, 3.8) is 0 Å². The van der Waals surface area contributed by atoms with Crippen LogP contribution in [0.25, 0.3) is 22.5 Å². The number of imidazole rings is 1. The topological polar surface area (TPSA) is 77.6 Å². The van der Waals surface area contributed by atoms with E-state index in [-0.39, 0.29) is 11.3 Å². The van der Waals surface area contributed by atoms with Crippen LogP contribution in [0.5, 0.6) is 0 Å². The number of hydrogen-bond donors (Lipinski definition) is 1. The minimum absolute atomic E-state index is 0.109. The Balaban J connectivity index is 1.43. The van der Waals surface area contributed by atoms with E-state index in [0.29, 0.717) is 5.82 Å². The number of aromatic nitrogens is 5. The number of carbonyl (C=O) groups excluding carboxylic acids is 1. The summed E-state index contributed by atoms with van der Waals surface area (Å²) in [6, 6.07) is 23.6. The number of pyridine rings is 1. The normalized spacial score (nSPS) is 12.1. The molecule has 0 spiro atoms. The molecule has 0 saturated carbocycles. The molecule has 0 aliphatic carbocycles. The van der Waals surface area contributed by atoms with Crippen molar-refractivity contribution in [1.82, 2.24) is 24.3 Å². The van der Waals surface area contributed by atoms with Crippen LogP contribution in [0.4, 0.5) is 5.82 Å². The summed E-state index contributed by atoms with van der Waals surface area (Å²) in [5, 5.41) is 7.95. The van der Waals surface area contributed by atoms with Gasteiger partial charge in [-0.25, -0.2) is 14.6 Å². The molecule has 0 bridgehead atoms. The summed E-state index contributed by atoms with van der Waals surface area (Å²) in [6.07, 6.45) is 3.52. The largest absolute Gasteiger partial charge is 0.310 e. The maximum absolute atomic E-state index is 13.6. The molecule has 1 N–H and O–H groups in total. The summed E-state index contributed by atoms with van der Waals surface area (Å²) in [5.41, 5.74) is 4.35. The van der Waals surface area contributed by atoms with Crippen LogP contribution in [0.15, 0.2) is 85.3 Å². The van der Waals surface area contributed by atoms with E-state index in [9.17, 15) is 4.79 Å². The van der Waals surface area contributed by atoms with Crippen molar-refractivity contribution in [2.45, 2.75) is 45.4 Å². The number of nitrogens with zero attached hydrogens (tertiary/aromatic N) is 5. The van der Waals surface area contributed by atoms with E-state index in [1.165, 1.54) is 0 Å². The molecule has 36 heavy (non-hydrogen) atoms. The first kappa shape index (κ1) is 23.5. The fourth-order valence-corrected chi connectivity index (χ4v) is 4.08. The first-order chi connectivity index (χ1) is 17.1. The van der Waals surface area contributed by atoms with Crippen LogP contribution < -0.4 is 5.32 Å². The molecule has 5 rings (SSSR count). The first-order valence-corrected chi connectivity index (χ1v) is 12.0. The highest BCUT2D eigenvalue weighted by atomic mass is 16.2. The highest BCUT2D eigenvalue weighted by molar-refractivity contribution is 5.98. The smallest absolute Gasteiger partial charge is 0.235 e. The Labute approximate surface area is 210 Å². The van der Waals surface area contributed by atoms with Crippen LogP contribution in [-0.4, -0.2) is 30.2 Å². The van der Waals surface area contributed by atoms with Gasteiger partial charge in [-0.1, -0.05) is 51.1 Å². The Morgan fingerprint density at radius 3 is 2.25 bits per heavy atom. The number of anilines is 1. The molecule has 3 aromatic heterocycles. The van der Waals surface area contributed by atoms with Gasteiger partial charge < -0.3 is 5.32 Å². The van der Waals surface area contributed by atoms with E-state index in [4.69, 9.17) is 5.10 Å². The number of carbonyl (C=O) groups is 1. The van der Waals surface area contributed by atoms with Gasteiger partial charge >= 0.3 is 0 Å².